The molecule has 0 heterocycles. The quantitative estimate of drug-likeness (QED) is 0.738. The van der Waals surface area contributed by atoms with Gasteiger partial charge in [-0.25, -0.2) is 17.6 Å². The maximum atomic E-state index is 13.1. The molecule has 0 aliphatic heterocycles. The Balaban J connectivity index is 2.16. The molecule has 0 unspecified atom stereocenters. The molecule has 0 saturated carbocycles. The van der Waals surface area contributed by atoms with E-state index in [1.54, 1.807) is 19.9 Å². The summed E-state index contributed by atoms with van der Waals surface area (Å²) >= 11 is 0. The number of rotatable bonds is 6. The van der Waals surface area contributed by atoms with Gasteiger partial charge in [-0.2, -0.15) is 4.31 Å². The number of esters is 1. The first-order valence-corrected chi connectivity index (χ1v) is 9.15. The minimum Gasteiger partial charge on any atom is -0.457 e. The highest BCUT2D eigenvalue weighted by Crippen LogP contribution is 2.18. The number of hydrogen-bond acceptors (Lipinski definition) is 4. The van der Waals surface area contributed by atoms with Crippen molar-refractivity contribution >= 4 is 16.0 Å². The Hall–Kier alpha value is -2.25. The fraction of sp³-hybridized carbons (Fsp3) is 0.278. The van der Waals surface area contributed by atoms with Crippen LogP contribution in [0, 0.1) is 5.82 Å². The molecule has 0 radical (unpaired) electrons. The third kappa shape index (κ3) is 4.64. The van der Waals surface area contributed by atoms with Gasteiger partial charge in [0.25, 0.3) is 0 Å². The zero-order valence-corrected chi connectivity index (χ0v) is 15.1. The van der Waals surface area contributed by atoms with Crippen LogP contribution in [0.25, 0.3) is 0 Å². The lowest BCUT2D eigenvalue weighted by Gasteiger charge is -2.21. The van der Waals surface area contributed by atoms with Gasteiger partial charge < -0.3 is 4.74 Å². The van der Waals surface area contributed by atoms with Gasteiger partial charge in [0.1, 0.15) is 12.4 Å². The van der Waals surface area contributed by atoms with E-state index >= 15 is 0 Å². The highest BCUT2D eigenvalue weighted by molar-refractivity contribution is 7.89. The van der Waals surface area contributed by atoms with Crippen molar-refractivity contribution in [3.05, 3.63) is 65.5 Å². The van der Waals surface area contributed by atoms with Gasteiger partial charge in [-0.1, -0.05) is 18.2 Å². The third-order valence-electron chi connectivity index (χ3n) is 3.73. The number of nitrogens with zero attached hydrogens (tertiary/aromatic N) is 1. The zero-order chi connectivity index (χ0) is 18.6. The van der Waals surface area contributed by atoms with Crippen LogP contribution in [0.15, 0.2) is 53.4 Å². The summed E-state index contributed by atoms with van der Waals surface area (Å²) in [6.07, 6.45) is 0. The van der Waals surface area contributed by atoms with E-state index in [9.17, 15) is 17.6 Å². The van der Waals surface area contributed by atoms with Gasteiger partial charge in [0, 0.05) is 13.1 Å². The van der Waals surface area contributed by atoms with Gasteiger partial charge >= 0.3 is 5.97 Å². The Kier molecular flexibility index (Phi) is 5.92. The van der Waals surface area contributed by atoms with Gasteiger partial charge in [-0.3, -0.25) is 0 Å². The molecule has 0 saturated heterocycles. The molecule has 0 aliphatic carbocycles. The molecule has 0 bridgehead atoms. The molecule has 0 fully saturated rings. The molecule has 7 heteroatoms. The van der Waals surface area contributed by atoms with Crippen molar-refractivity contribution < 1.29 is 22.3 Å². The van der Waals surface area contributed by atoms with Crippen LogP contribution in [-0.4, -0.2) is 31.8 Å². The van der Waals surface area contributed by atoms with Crippen molar-refractivity contribution in [3.8, 4) is 0 Å². The molecule has 0 amide bonds. The van der Waals surface area contributed by atoms with Gasteiger partial charge in [-0.05, 0) is 49.7 Å². The first-order chi connectivity index (χ1) is 11.7. The summed E-state index contributed by atoms with van der Waals surface area (Å²) in [4.78, 5) is 12.2. The number of benzene rings is 2. The lowest BCUT2D eigenvalue weighted by Crippen LogP contribution is -2.33. The topological polar surface area (TPSA) is 63.7 Å². The third-order valence-corrected chi connectivity index (χ3v) is 5.76. The summed E-state index contributed by atoms with van der Waals surface area (Å²) in [5.74, 6) is -1.09. The maximum absolute atomic E-state index is 13.1. The monoisotopic (exact) mass is 365 g/mol. The van der Waals surface area contributed by atoms with Crippen LogP contribution in [0.2, 0.25) is 0 Å². The Morgan fingerprint density at radius 3 is 2.48 bits per heavy atom. The molecule has 0 atom stereocenters. The van der Waals surface area contributed by atoms with Gasteiger partial charge in [-0.15, -0.1) is 0 Å². The van der Waals surface area contributed by atoms with Crippen LogP contribution in [0.1, 0.15) is 29.8 Å². The van der Waals surface area contributed by atoms with Crippen LogP contribution in [0.4, 0.5) is 4.39 Å². The van der Waals surface area contributed by atoms with Crippen LogP contribution in [0.3, 0.4) is 0 Å². The summed E-state index contributed by atoms with van der Waals surface area (Å²) in [7, 11) is -2.21. The van der Waals surface area contributed by atoms with Crippen LogP contribution in [-0.2, 0) is 21.4 Å². The van der Waals surface area contributed by atoms with E-state index in [0.717, 1.165) is 0 Å². The Morgan fingerprint density at radius 1 is 1.16 bits per heavy atom. The summed E-state index contributed by atoms with van der Waals surface area (Å²) in [6.45, 7) is 3.42. The largest absolute Gasteiger partial charge is 0.457 e. The van der Waals surface area contributed by atoms with E-state index in [1.165, 1.54) is 53.8 Å². The van der Waals surface area contributed by atoms with Gasteiger partial charge in [0.05, 0.1) is 10.5 Å². The van der Waals surface area contributed by atoms with Crippen LogP contribution < -0.4 is 0 Å². The minimum atomic E-state index is -3.69. The number of halogens is 1. The second-order valence-electron chi connectivity index (χ2n) is 5.85. The minimum absolute atomic E-state index is 0.0175. The fourth-order valence-electron chi connectivity index (χ4n) is 2.09. The lowest BCUT2D eigenvalue weighted by atomic mass is 10.2. The molecule has 0 aromatic heterocycles. The molecule has 134 valence electrons. The SMILES string of the molecule is CC(C)N(C)S(=O)(=O)c1cccc(C(=O)OCc2cccc(F)c2)c1. The summed E-state index contributed by atoms with van der Waals surface area (Å²) in [5.41, 5.74) is 0.631. The predicted molar refractivity (Wildman–Crippen MR) is 92.0 cm³/mol. The molecule has 2 rings (SSSR count). The van der Waals surface area contributed by atoms with Crippen LogP contribution >= 0.6 is 0 Å². The standard InChI is InChI=1S/C18H20FNO4S/c1-13(2)20(3)25(22,23)17-9-5-7-15(11-17)18(21)24-12-14-6-4-8-16(19)10-14/h4-11,13H,12H2,1-3H3. The van der Waals surface area contributed by atoms with E-state index in [0.29, 0.717) is 5.56 Å². The van der Waals surface area contributed by atoms with E-state index in [4.69, 9.17) is 4.74 Å². The Bertz CT molecular complexity index is 865. The second-order valence-corrected chi connectivity index (χ2v) is 7.85. The maximum Gasteiger partial charge on any atom is 0.338 e. The van der Waals surface area contributed by atoms with Crippen molar-refractivity contribution in [3.63, 3.8) is 0 Å². The average molecular weight is 365 g/mol. The normalized spacial score (nSPS) is 11.8. The van der Waals surface area contributed by atoms with Gasteiger partial charge in [0.2, 0.25) is 10.0 Å². The van der Waals surface area contributed by atoms with Crippen molar-refractivity contribution in [2.24, 2.45) is 0 Å². The molecule has 0 spiro atoms. The molecule has 0 N–H and O–H groups in total. The average Bonchev–Trinajstić information content (AvgIpc) is 2.59. The zero-order valence-electron chi connectivity index (χ0n) is 14.3. The molecule has 25 heavy (non-hydrogen) atoms. The van der Waals surface area contributed by atoms with Crippen LogP contribution in [0.5, 0.6) is 0 Å². The fourth-order valence-corrected chi connectivity index (χ4v) is 3.50. The van der Waals surface area contributed by atoms with Crippen molar-refractivity contribution in [1.82, 2.24) is 4.31 Å². The molecule has 2 aromatic rings. The highest BCUT2D eigenvalue weighted by Gasteiger charge is 2.24. The van der Waals surface area contributed by atoms with Crippen molar-refractivity contribution in [1.29, 1.82) is 0 Å². The Labute approximate surface area is 147 Å². The van der Waals surface area contributed by atoms with Crippen molar-refractivity contribution in [2.45, 2.75) is 31.4 Å². The number of sulfonamides is 1. The number of carbonyl (C=O) groups excluding carboxylic acids is 1. The summed E-state index contributed by atoms with van der Waals surface area (Å²) in [6, 6.07) is 11.2. The molecule has 0 aliphatic rings. The van der Waals surface area contributed by atoms with E-state index in [1.807, 2.05) is 0 Å². The number of carbonyl (C=O) groups is 1. The molecule has 2 aromatic carbocycles. The van der Waals surface area contributed by atoms with Crippen molar-refractivity contribution in [2.75, 3.05) is 7.05 Å². The number of hydrogen-bond donors (Lipinski definition) is 0. The highest BCUT2D eigenvalue weighted by atomic mass is 32.2. The molecular weight excluding hydrogens is 345 g/mol. The summed E-state index contributed by atoms with van der Waals surface area (Å²) in [5, 5.41) is 0. The lowest BCUT2D eigenvalue weighted by molar-refractivity contribution is 0.0472. The van der Waals surface area contributed by atoms with E-state index < -0.39 is 21.8 Å². The smallest absolute Gasteiger partial charge is 0.338 e. The Morgan fingerprint density at radius 2 is 1.84 bits per heavy atom. The number of ether oxygens (including phenoxy) is 1. The van der Waals surface area contributed by atoms with Gasteiger partial charge in [0.15, 0.2) is 0 Å². The first-order valence-electron chi connectivity index (χ1n) is 7.71. The molecule has 5 nitrogen and oxygen atoms in total. The predicted octanol–water partition coefficient (Wildman–Crippen LogP) is 3.21. The molecular formula is C18H20FNO4S. The van der Waals surface area contributed by atoms with E-state index in [-0.39, 0.29) is 23.1 Å². The first kappa shape index (κ1) is 19.1. The second kappa shape index (κ2) is 7.76. The summed E-state index contributed by atoms with van der Waals surface area (Å²) < 4.78 is 44.5. The van der Waals surface area contributed by atoms with E-state index in [2.05, 4.69) is 0 Å².